The zero-order valence-corrected chi connectivity index (χ0v) is 13.0. The van der Waals surface area contributed by atoms with E-state index in [1.54, 1.807) is 14.2 Å². The second-order valence-corrected chi connectivity index (χ2v) is 6.26. The Morgan fingerprint density at radius 2 is 1.95 bits per heavy atom. The first-order valence-corrected chi connectivity index (χ1v) is 7.85. The van der Waals surface area contributed by atoms with Gasteiger partial charge in [0.1, 0.15) is 5.60 Å². The van der Waals surface area contributed by atoms with Gasteiger partial charge in [0.15, 0.2) is 11.5 Å². The van der Waals surface area contributed by atoms with Gasteiger partial charge in [-0.2, -0.15) is 0 Å². The van der Waals surface area contributed by atoms with Gasteiger partial charge < -0.3 is 14.6 Å². The second-order valence-electron chi connectivity index (χ2n) is 6.26. The smallest absolute Gasteiger partial charge is 0.161 e. The summed E-state index contributed by atoms with van der Waals surface area (Å²) in [7, 11) is 3.26. The predicted octanol–water partition coefficient (Wildman–Crippen LogP) is 2.54. The molecule has 4 heteroatoms. The molecule has 4 nitrogen and oxygen atoms in total. The Labute approximate surface area is 126 Å². The van der Waals surface area contributed by atoms with Crippen LogP contribution in [-0.4, -0.2) is 43.4 Å². The number of aliphatic hydroxyl groups is 1. The fourth-order valence-electron chi connectivity index (χ4n) is 3.78. The van der Waals surface area contributed by atoms with E-state index < -0.39 is 5.60 Å². The molecule has 21 heavy (non-hydrogen) atoms. The zero-order chi connectivity index (χ0) is 14.9. The van der Waals surface area contributed by atoms with Gasteiger partial charge in [0.25, 0.3) is 0 Å². The molecule has 0 bridgehead atoms. The number of piperidine rings is 2. The second kappa shape index (κ2) is 5.85. The van der Waals surface area contributed by atoms with Crippen molar-refractivity contribution in [1.29, 1.82) is 0 Å². The van der Waals surface area contributed by atoms with Crippen LogP contribution in [0.3, 0.4) is 0 Å². The molecular formula is C17H25NO3. The van der Waals surface area contributed by atoms with Gasteiger partial charge >= 0.3 is 0 Å². The third kappa shape index (κ3) is 2.74. The van der Waals surface area contributed by atoms with Crippen LogP contribution in [0, 0.1) is 0 Å². The highest BCUT2D eigenvalue weighted by Crippen LogP contribution is 2.40. The van der Waals surface area contributed by atoms with E-state index >= 15 is 0 Å². The van der Waals surface area contributed by atoms with Gasteiger partial charge in [-0.05, 0) is 49.9 Å². The lowest BCUT2D eigenvalue weighted by molar-refractivity contribution is -0.0662. The van der Waals surface area contributed by atoms with Gasteiger partial charge in [-0.25, -0.2) is 0 Å². The fourth-order valence-corrected chi connectivity index (χ4v) is 3.78. The summed E-state index contributed by atoms with van der Waals surface area (Å²) in [6, 6.07) is 6.43. The van der Waals surface area contributed by atoms with Crippen LogP contribution in [0.2, 0.25) is 0 Å². The number of benzene rings is 1. The van der Waals surface area contributed by atoms with Gasteiger partial charge in [-0.1, -0.05) is 12.5 Å². The van der Waals surface area contributed by atoms with E-state index in [9.17, 15) is 5.11 Å². The summed E-state index contributed by atoms with van der Waals surface area (Å²) in [5.74, 6) is 1.39. The van der Waals surface area contributed by atoms with Gasteiger partial charge in [0.05, 0.1) is 14.2 Å². The Morgan fingerprint density at radius 3 is 2.71 bits per heavy atom. The molecule has 0 saturated carbocycles. The van der Waals surface area contributed by atoms with Crippen molar-refractivity contribution in [2.45, 2.75) is 43.7 Å². The van der Waals surface area contributed by atoms with Crippen LogP contribution >= 0.6 is 0 Å². The number of fused-ring (bicyclic) bond motifs is 1. The lowest BCUT2D eigenvalue weighted by atomic mass is 9.80. The topological polar surface area (TPSA) is 41.9 Å². The van der Waals surface area contributed by atoms with Gasteiger partial charge in [0, 0.05) is 12.6 Å². The highest BCUT2D eigenvalue weighted by Gasteiger charge is 2.40. The van der Waals surface area contributed by atoms with Crippen LogP contribution in [0.25, 0.3) is 0 Å². The number of hydrogen-bond acceptors (Lipinski definition) is 4. The van der Waals surface area contributed by atoms with Crippen LogP contribution in [0.1, 0.15) is 37.7 Å². The molecule has 0 amide bonds. The maximum absolute atomic E-state index is 11.1. The number of methoxy groups -OCH3 is 2. The molecule has 1 aromatic carbocycles. The molecule has 0 aromatic heterocycles. The van der Waals surface area contributed by atoms with E-state index in [1.807, 2.05) is 18.2 Å². The van der Waals surface area contributed by atoms with E-state index in [0.717, 1.165) is 31.5 Å². The Balaban J connectivity index is 1.85. The van der Waals surface area contributed by atoms with Crippen LogP contribution in [-0.2, 0) is 5.60 Å². The lowest BCUT2D eigenvalue weighted by Crippen LogP contribution is -2.52. The van der Waals surface area contributed by atoms with E-state index in [2.05, 4.69) is 4.90 Å². The van der Waals surface area contributed by atoms with Crippen LogP contribution < -0.4 is 9.47 Å². The molecule has 116 valence electrons. The molecule has 3 rings (SSSR count). The van der Waals surface area contributed by atoms with Crippen LogP contribution in [0.4, 0.5) is 0 Å². The van der Waals surface area contributed by atoms with Crippen molar-refractivity contribution in [2.24, 2.45) is 0 Å². The Kier molecular flexibility index (Phi) is 4.09. The van der Waals surface area contributed by atoms with Crippen LogP contribution in [0.5, 0.6) is 11.5 Å². The van der Waals surface area contributed by atoms with Crippen molar-refractivity contribution in [3.05, 3.63) is 23.8 Å². The third-order valence-corrected chi connectivity index (χ3v) is 5.03. The normalized spacial score (nSPS) is 29.8. The maximum Gasteiger partial charge on any atom is 0.161 e. The number of ether oxygens (including phenoxy) is 2. The first-order valence-electron chi connectivity index (χ1n) is 7.85. The molecule has 1 aromatic rings. The molecule has 0 radical (unpaired) electrons. The molecule has 0 unspecified atom stereocenters. The first-order chi connectivity index (χ1) is 10.2. The Bertz CT molecular complexity index is 505. The molecular weight excluding hydrogens is 266 g/mol. The standard InChI is InChI=1S/C17H25NO3/c1-20-15-7-6-13(11-16(15)21-2)17(19)9-8-14-5-3-4-10-18(14)12-17/h6-7,11,14,19H,3-5,8-10,12H2,1-2H3/t14-,17+/m1/s1. The Hall–Kier alpha value is -1.26. The minimum Gasteiger partial charge on any atom is -0.493 e. The van der Waals surface area contributed by atoms with Crippen LogP contribution in [0.15, 0.2) is 18.2 Å². The summed E-state index contributed by atoms with van der Waals surface area (Å²) in [6.07, 6.45) is 5.75. The number of rotatable bonds is 3. The van der Waals surface area contributed by atoms with Crippen molar-refractivity contribution in [3.8, 4) is 11.5 Å². The van der Waals surface area contributed by atoms with E-state index in [4.69, 9.17) is 9.47 Å². The SMILES string of the molecule is COc1ccc([C@]2(O)CC[C@H]3CCCCN3C2)cc1OC. The molecule has 2 atom stereocenters. The summed E-state index contributed by atoms with van der Waals surface area (Å²) in [6.45, 7) is 1.84. The molecule has 2 saturated heterocycles. The Morgan fingerprint density at radius 1 is 1.14 bits per heavy atom. The third-order valence-electron chi connectivity index (χ3n) is 5.03. The number of hydrogen-bond donors (Lipinski definition) is 1. The van der Waals surface area contributed by atoms with E-state index in [1.165, 1.54) is 19.3 Å². The quantitative estimate of drug-likeness (QED) is 0.929. The lowest BCUT2D eigenvalue weighted by Gasteiger charge is -2.46. The molecule has 1 N–H and O–H groups in total. The summed E-state index contributed by atoms with van der Waals surface area (Å²) in [5.41, 5.74) is 0.164. The average Bonchev–Trinajstić information content (AvgIpc) is 2.54. The summed E-state index contributed by atoms with van der Waals surface area (Å²) < 4.78 is 10.6. The van der Waals surface area contributed by atoms with Crippen molar-refractivity contribution in [1.82, 2.24) is 4.90 Å². The summed E-state index contributed by atoms with van der Waals surface area (Å²) >= 11 is 0. The van der Waals surface area contributed by atoms with Crippen molar-refractivity contribution in [2.75, 3.05) is 27.3 Å². The number of nitrogens with zero attached hydrogens (tertiary/aromatic N) is 1. The summed E-state index contributed by atoms with van der Waals surface area (Å²) in [4.78, 5) is 2.46. The van der Waals surface area contributed by atoms with E-state index in [0.29, 0.717) is 17.5 Å². The van der Waals surface area contributed by atoms with Gasteiger partial charge in [0.2, 0.25) is 0 Å². The maximum atomic E-state index is 11.1. The highest BCUT2D eigenvalue weighted by molar-refractivity contribution is 5.44. The predicted molar refractivity (Wildman–Crippen MR) is 81.9 cm³/mol. The summed E-state index contributed by atoms with van der Waals surface area (Å²) in [5, 5.41) is 11.1. The largest absolute Gasteiger partial charge is 0.493 e. The molecule has 0 spiro atoms. The minimum absolute atomic E-state index is 0.666. The van der Waals surface area contributed by atoms with Gasteiger partial charge in [-0.15, -0.1) is 0 Å². The first kappa shape index (κ1) is 14.7. The van der Waals surface area contributed by atoms with Crippen molar-refractivity contribution < 1.29 is 14.6 Å². The fraction of sp³-hybridized carbons (Fsp3) is 0.647. The zero-order valence-electron chi connectivity index (χ0n) is 13.0. The highest BCUT2D eigenvalue weighted by atomic mass is 16.5. The van der Waals surface area contributed by atoms with Crippen molar-refractivity contribution >= 4 is 0 Å². The average molecular weight is 291 g/mol. The molecule has 2 heterocycles. The molecule has 2 aliphatic rings. The van der Waals surface area contributed by atoms with Gasteiger partial charge in [-0.3, -0.25) is 4.90 Å². The minimum atomic E-state index is -0.770. The monoisotopic (exact) mass is 291 g/mol. The molecule has 0 aliphatic carbocycles. The van der Waals surface area contributed by atoms with Crippen molar-refractivity contribution in [3.63, 3.8) is 0 Å². The molecule has 2 aliphatic heterocycles. The molecule has 2 fully saturated rings. The van der Waals surface area contributed by atoms with E-state index in [-0.39, 0.29) is 0 Å².